The lowest BCUT2D eigenvalue weighted by Gasteiger charge is -2.45. The van der Waals surface area contributed by atoms with Gasteiger partial charge in [-0.2, -0.15) is 0 Å². The van der Waals surface area contributed by atoms with E-state index in [0.717, 1.165) is 43.4 Å². The van der Waals surface area contributed by atoms with E-state index < -0.39 is 5.54 Å². The molecule has 0 aliphatic carbocycles. The largest absolute Gasteiger partial charge is 0.338 e. The number of imidazole rings is 1. The van der Waals surface area contributed by atoms with Gasteiger partial charge >= 0.3 is 0 Å². The SMILES string of the molecule is Cc1cccn2cc(C(=O)N3CCCC34CCCN(C(C)C)C4=O)nc12. The Bertz CT molecular complexity index is 872. The van der Waals surface area contributed by atoms with Crippen molar-refractivity contribution in [3.8, 4) is 0 Å². The summed E-state index contributed by atoms with van der Waals surface area (Å²) in [5.74, 6) is -0.00546. The molecule has 2 aromatic rings. The summed E-state index contributed by atoms with van der Waals surface area (Å²) >= 11 is 0. The maximum atomic E-state index is 13.3. The van der Waals surface area contributed by atoms with E-state index in [1.54, 1.807) is 11.1 Å². The molecule has 0 saturated carbocycles. The van der Waals surface area contributed by atoms with Crippen molar-refractivity contribution >= 4 is 17.5 Å². The van der Waals surface area contributed by atoms with E-state index in [2.05, 4.69) is 4.98 Å². The molecule has 1 spiro atoms. The lowest BCUT2D eigenvalue weighted by atomic mass is 9.84. The maximum Gasteiger partial charge on any atom is 0.274 e. The number of fused-ring (bicyclic) bond motifs is 1. The van der Waals surface area contributed by atoms with Gasteiger partial charge in [-0.25, -0.2) is 4.98 Å². The Morgan fingerprint density at radius 3 is 2.65 bits per heavy atom. The second-order valence-corrected chi connectivity index (χ2v) is 7.84. The topological polar surface area (TPSA) is 57.9 Å². The van der Waals surface area contributed by atoms with Gasteiger partial charge in [0.15, 0.2) is 0 Å². The molecule has 1 unspecified atom stereocenters. The van der Waals surface area contributed by atoms with E-state index in [9.17, 15) is 9.59 Å². The van der Waals surface area contributed by atoms with Crippen LogP contribution in [0.3, 0.4) is 0 Å². The average molecular weight is 354 g/mol. The zero-order valence-corrected chi connectivity index (χ0v) is 15.7. The molecular weight excluding hydrogens is 328 g/mol. The van der Waals surface area contributed by atoms with Gasteiger partial charge in [-0.15, -0.1) is 0 Å². The Morgan fingerprint density at radius 1 is 1.23 bits per heavy atom. The van der Waals surface area contributed by atoms with E-state index in [4.69, 9.17) is 0 Å². The minimum Gasteiger partial charge on any atom is -0.338 e. The molecule has 0 N–H and O–H groups in total. The summed E-state index contributed by atoms with van der Waals surface area (Å²) in [6, 6.07) is 4.09. The van der Waals surface area contributed by atoms with Crippen molar-refractivity contribution < 1.29 is 9.59 Å². The van der Waals surface area contributed by atoms with Gasteiger partial charge in [0.25, 0.3) is 5.91 Å². The van der Waals surface area contributed by atoms with Crippen molar-refractivity contribution in [1.29, 1.82) is 0 Å². The third-order valence-corrected chi connectivity index (χ3v) is 5.90. The molecule has 0 aromatic carbocycles. The van der Waals surface area contributed by atoms with Crippen LogP contribution in [0.2, 0.25) is 0 Å². The highest BCUT2D eigenvalue weighted by Gasteiger charge is 2.53. The van der Waals surface area contributed by atoms with Crippen LogP contribution in [0, 0.1) is 6.92 Å². The van der Waals surface area contributed by atoms with Crippen LogP contribution in [0.25, 0.3) is 5.65 Å². The van der Waals surface area contributed by atoms with Crippen LogP contribution in [0.5, 0.6) is 0 Å². The number of likely N-dealkylation sites (tertiary alicyclic amines) is 2. The molecule has 2 saturated heterocycles. The molecular formula is C20H26N4O2. The molecule has 2 aliphatic rings. The van der Waals surface area contributed by atoms with Crippen molar-refractivity contribution in [1.82, 2.24) is 19.2 Å². The summed E-state index contributed by atoms with van der Waals surface area (Å²) < 4.78 is 1.88. The van der Waals surface area contributed by atoms with Crippen LogP contribution in [0.1, 0.15) is 55.6 Å². The van der Waals surface area contributed by atoms with Crippen LogP contribution >= 0.6 is 0 Å². The van der Waals surface area contributed by atoms with Crippen molar-refractivity contribution in [2.24, 2.45) is 0 Å². The molecule has 4 heterocycles. The maximum absolute atomic E-state index is 13.3. The van der Waals surface area contributed by atoms with Crippen molar-refractivity contribution in [2.75, 3.05) is 13.1 Å². The highest BCUT2D eigenvalue weighted by Crippen LogP contribution is 2.39. The predicted molar refractivity (Wildman–Crippen MR) is 99.0 cm³/mol. The van der Waals surface area contributed by atoms with E-state index in [-0.39, 0.29) is 17.9 Å². The first-order chi connectivity index (χ1) is 12.4. The number of hydrogen-bond donors (Lipinski definition) is 0. The van der Waals surface area contributed by atoms with Gasteiger partial charge in [0.1, 0.15) is 16.9 Å². The number of piperidine rings is 1. The van der Waals surface area contributed by atoms with Crippen LogP contribution in [0.15, 0.2) is 24.5 Å². The number of amides is 2. The number of hydrogen-bond acceptors (Lipinski definition) is 3. The molecule has 26 heavy (non-hydrogen) atoms. The average Bonchev–Trinajstić information content (AvgIpc) is 3.22. The summed E-state index contributed by atoms with van der Waals surface area (Å²) in [6.45, 7) is 7.49. The molecule has 138 valence electrons. The third kappa shape index (κ3) is 2.42. The van der Waals surface area contributed by atoms with Crippen LogP contribution in [-0.4, -0.2) is 55.7 Å². The standard InChI is InChI=1S/C20H26N4O2/c1-14(2)23-11-5-8-20(19(23)26)9-6-12-24(20)18(25)16-13-22-10-4-7-15(3)17(22)21-16/h4,7,10,13-14H,5-6,8-9,11-12H2,1-3H3. The Balaban J connectivity index is 1.70. The Hall–Kier alpha value is -2.37. The molecule has 6 nitrogen and oxygen atoms in total. The van der Waals surface area contributed by atoms with Gasteiger partial charge in [-0.05, 0) is 58.1 Å². The monoisotopic (exact) mass is 354 g/mol. The number of carbonyl (C=O) groups is 2. The Morgan fingerprint density at radius 2 is 1.96 bits per heavy atom. The molecule has 2 amide bonds. The zero-order chi connectivity index (χ0) is 18.5. The highest BCUT2D eigenvalue weighted by atomic mass is 16.2. The molecule has 0 radical (unpaired) electrons. The smallest absolute Gasteiger partial charge is 0.274 e. The van der Waals surface area contributed by atoms with Gasteiger partial charge in [-0.1, -0.05) is 6.07 Å². The summed E-state index contributed by atoms with van der Waals surface area (Å²) in [7, 11) is 0. The Labute approximate surface area is 153 Å². The second kappa shape index (κ2) is 6.11. The fraction of sp³-hybridized carbons (Fsp3) is 0.550. The van der Waals surface area contributed by atoms with Crippen LogP contribution in [-0.2, 0) is 4.79 Å². The van der Waals surface area contributed by atoms with Crippen LogP contribution < -0.4 is 0 Å². The van der Waals surface area contributed by atoms with Crippen molar-refractivity contribution in [2.45, 2.75) is 58.0 Å². The summed E-state index contributed by atoms with van der Waals surface area (Å²) in [5, 5.41) is 0. The number of rotatable bonds is 2. The summed E-state index contributed by atoms with van der Waals surface area (Å²) in [5.41, 5.74) is 1.57. The number of pyridine rings is 1. The van der Waals surface area contributed by atoms with E-state index in [1.807, 2.05) is 48.4 Å². The molecule has 0 bridgehead atoms. The first kappa shape index (κ1) is 17.1. The van der Waals surface area contributed by atoms with Gasteiger partial charge in [0.05, 0.1) is 0 Å². The lowest BCUT2D eigenvalue weighted by molar-refractivity contribution is -0.147. The molecule has 4 rings (SSSR count). The molecule has 2 aromatic heterocycles. The molecule has 2 fully saturated rings. The second-order valence-electron chi connectivity index (χ2n) is 7.84. The third-order valence-electron chi connectivity index (χ3n) is 5.90. The van der Waals surface area contributed by atoms with Gasteiger partial charge in [0, 0.05) is 31.5 Å². The van der Waals surface area contributed by atoms with Gasteiger partial charge in [0.2, 0.25) is 5.91 Å². The predicted octanol–water partition coefficient (Wildman–Crippen LogP) is 2.65. The molecule has 6 heteroatoms. The van der Waals surface area contributed by atoms with E-state index in [0.29, 0.717) is 12.2 Å². The molecule has 1 atom stereocenters. The fourth-order valence-corrected chi connectivity index (χ4v) is 4.56. The van der Waals surface area contributed by atoms with Gasteiger partial charge in [-0.3, -0.25) is 9.59 Å². The Kier molecular flexibility index (Phi) is 4.01. The lowest BCUT2D eigenvalue weighted by Crippen LogP contribution is -2.62. The van der Waals surface area contributed by atoms with Crippen LogP contribution in [0.4, 0.5) is 0 Å². The van der Waals surface area contributed by atoms with E-state index >= 15 is 0 Å². The van der Waals surface area contributed by atoms with Gasteiger partial charge < -0.3 is 14.2 Å². The van der Waals surface area contributed by atoms with Crippen molar-refractivity contribution in [3.05, 3.63) is 35.8 Å². The highest BCUT2D eigenvalue weighted by molar-refractivity contribution is 5.99. The zero-order valence-electron chi connectivity index (χ0n) is 15.7. The molecule has 2 aliphatic heterocycles. The number of nitrogens with zero attached hydrogens (tertiary/aromatic N) is 4. The number of aryl methyl sites for hydroxylation is 1. The quantitative estimate of drug-likeness (QED) is 0.833. The van der Waals surface area contributed by atoms with Crippen molar-refractivity contribution in [3.63, 3.8) is 0 Å². The van der Waals surface area contributed by atoms with E-state index in [1.165, 1.54) is 0 Å². The number of aromatic nitrogens is 2. The minimum atomic E-state index is -0.676. The summed E-state index contributed by atoms with van der Waals surface area (Å²) in [6.07, 6.45) is 7.01. The fourth-order valence-electron chi connectivity index (χ4n) is 4.56. The number of carbonyl (C=O) groups excluding carboxylic acids is 2. The normalized spacial score (nSPS) is 23.6. The summed E-state index contributed by atoms with van der Waals surface area (Å²) in [4.78, 5) is 34.9. The first-order valence-corrected chi connectivity index (χ1v) is 9.51. The first-order valence-electron chi connectivity index (χ1n) is 9.51. The minimum absolute atomic E-state index is 0.115.